The van der Waals surface area contributed by atoms with Crippen molar-refractivity contribution in [2.24, 2.45) is 34.5 Å². The van der Waals surface area contributed by atoms with Crippen molar-refractivity contribution < 1.29 is 19.1 Å². The molecule has 0 aromatic carbocycles. The second kappa shape index (κ2) is 7.08. The molecule has 4 fully saturated rings. The van der Waals surface area contributed by atoms with Gasteiger partial charge in [0.2, 0.25) is 0 Å². The third-order valence-electron chi connectivity index (χ3n) is 7.67. The van der Waals surface area contributed by atoms with Crippen LogP contribution < -0.4 is 0 Å². The summed E-state index contributed by atoms with van der Waals surface area (Å²) in [5.74, 6) is 1.51. The molecule has 4 heteroatoms. The molecular formula is C23H38O4. The lowest BCUT2D eigenvalue weighted by atomic mass is 9.44. The minimum Gasteiger partial charge on any atom is -0.456 e. The molecule has 0 aromatic rings. The van der Waals surface area contributed by atoms with Crippen LogP contribution in [0.5, 0.6) is 0 Å². The van der Waals surface area contributed by atoms with E-state index in [1.165, 1.54) is 32.1 Å². The van der Waals surface area contributed by atoms with Crippen LogP contribution in [0.25, 0.3) is 0 Å². The molecule has 27 heavy (non-hydrogen) atoms. The molecule has 4 bridgehead atoms. The van der Waals surface area contributed by atoms with Gasteiger partial charge in [0.1, 0.15) is 5.60 Å². The van der Waals surface area contributed by atoms with Crippen LogP contribution in [0.2, 0.25) is 0 Å². The quantitative estimate of drug-likeness (QED) is 0.576. The van der Waals surface area contributed by atoms with E-state index in [0.29, 0.717) is 29.6 Å². The van der Waals surface area contributed by atoms with Crippen LogP contribution in [0.15, 0.2) is 0 Å². The van der Waals surface area contributed by atoms with E-state index in [1.54, 1.807) is 0 Å². The van der Waals surface area contributed by atoms with Crippen LogP contribution in [0.4, 0.5) is 0 Å². The van der Waals surface area contributed by atoms with Crippen molar-refractivity contribution in [3.8, 4) is 0 Å². The average Bonchev–Trinajstić information content (AvgIpc) is 2.55. The average molecular weight is 379 g/mol. The molecule has 0 heterocycles. The van der Waals surface area contributed by atoms with Gasteiger partial charge in [0.15, 0.2) is 6.61 Å². The normalized spacial score (nSPS) is 37.5. The summed E-state index contributed by atoms with van der Waals surface area (Å²) in [7, 11) is 0. The third kappa shape index (κ3) is 3.91. The predicted molar refractivity (Wildman–Crippen MR) is 105 cm³/mol. The van der Waals surface area contributed by atoms with E-state index in [1.807, 2.05) is 20.8 Å². The fourth-order valence-corrected chi connectivity index (χ4v) is 6.33. The SMILES string of the molecule is CCC(C)(C)C(=O)OCC(=O)OC1(CC(C)C)C2CC3CC1CC(C)(C3)C2. The highest BCUT2D eigenvalue weighted by molar-refractivity contribution is 5.80. The zero-order valence-electron chi connectivity index (χ0n) is 18.1. The first-order valence-electron chi connectivity index (χ1n) is 10.9. The molecular weight excluding hydrogens is 340 g/mol. The molecule has 0 radical (unpaired) electrons. The Morgan fingerprint density at radius 3 is 2.19 bits per heavy atom. The van der Waals surface area contributed by atoms with Gasteiger partial charge < -0.3 is 9.47 Å². The number of ether oxygens (including phenoxy) is 2. The van der Waals surface area contributed by atoms with Crippen LogP contribution in [-0.2, 0) is 19.1 Å². The fourth-order valence-electron chi connectivity index (χ4n) is 6.33. The molecule has 2 unspecified atom stereocenters. The summed E-state index contributed by atoms with van der Waals surface area (Å²) in [4.78, 5) is 24.9. The maximum absolute atomic E-state index is 12.7. The Morgan fingerprint density at radius 1 is 1.11 bits per heavy atom. The Morgan fingerprint density at radius 2 is 1.70 bits per heavy atom. The Labute approximate surface area is 164 Å². The van der Waals surface area contributed by atoms with Crippen molar-refractivity contribution in [1.82, 2.24) is 0 Å². The monoisotopic (exact) mass is 378 g/mol. The van der Waals surface area contributed by atoms with Gasteiger partial charge in [0.25, 0.3) is 0 Å². The number of hydrogen-bond acceptors (Lipinski definition) is 4. The van der Waals surface area contributed by atoms with Crippen molar-refractivity contribution >= 4 is 11.9 Å². The van der Waals surface area contributed by atoms with Crippen molar-refractivity contribution in [1.29, 1.82) is 0 Å². The van der Waals surface area contributed by atoms with Gasteiger partial charge in [-0.15, -0.1) is 0 Å². The lowest BCUT2D eigenvalue weighted by molar-refractivity contribution is -0.231. The largest absolute Gasteiger partial charge is 0.456 e. The smallest absolute Gasteiger partial charge is 0.344 e. The van der Waals surface area contributed by atoms with Gasteiger partial charge in [0, 0.05) is 0 Å². The maximum Gasteiger partial charge on any atom is 0.344 e. The summed E-state index contributed by atoms with van der Waals surface area (Å²) in [5, 5.41) is 0. The topological polar surface area (TPSA) is 52.6 Å². The minimum absolute atomic E-state index is 0.262. The molecule has 4 aliphatic carbocycles. The van der Waals surface area contributed by atoms with Gasteiger partial charge in [-0.2, -0.15) is 0 Å². The predicted octanol–water partition coefficient (Wildman–Crippen LogP) is 5.14. The summed E-state index contributed by atoms with van der Waals surface area (Å²) < 4.78 is 11.6. The minimum atomic E-state index is -0.562. The zero-order valence-corrected chi connectivity index (χ0v) is 18.1. The van der Waals surface area contributed by atoms with E-state index < -0.39 is 5.41 Å². The van der Waals surface area contributed by atoms with Crippen LogP contribution in [0, 0.1) is 34.5 Å². The van der Waals surface area contributed by atoms with E-state index in [4.69, 9.17) is 9.47 Å². The molecule has 0 aliphatic heterocycles. The standard InChI is InChI=1S/C23H38O4/c1-7-21(4,5)20(25)26-14-19(24)27-23(10-15(2)3)17-8-16-9-18(23)13-22(6,11-16)12-17/h15-18H,7-14H2,1-6H3. The van der Waals surface area contributed by atoms with E-state index in [9.17, 15) is 9.59 Å². The Balaban J connectivity index is 1.71. The first-order chi connectivity index (χ1) is 12.5. The fraction of sp³-hybridized carbons (Fsp3) is 0.913. The highest BCUT2D eigenvalue weighted by Gasteiger charge is 2.62. The number of carbonyl (C=O) groups excluding carboxylic acids is 2. The van der Waals surface area contributed by atoms with Gasteiger partial charge >= 0.3 is 11.9 Å². The molecule has 0 amide bonds. The molecule has 4 aliphatic rings. The van der Waals surface area contributed by atoms with Gasteiger partial charge in [-0.05, 0) is 87.9 Å². The number of esters is 2. The van der Waals surface area contributed by atoms with Crippen LogP contribution in [0.3, 0.4) is 0 Å². The molecule has 2 atom stereocenters. The van der Waals surface area contributed by atoms with Crippen molar-refractivity contribution in [3.05, 3.63) is 0 Å². The van der Waals surface area contributed by atoms with Crippen molar-refractivity contribution in [2.45, 2.75) is 92.1 Å². The molecule has 4 rings (SSSR count). The van der Waals surface area contributed by atoms with Crippen LogP contribution >= 0.6 is 0 Å². The number of carbonyl (C=O) groups is 2. The summed E-state index contributed by atoms with van der Waals surface area (Å²) in [6.07, 6.45) is 7.66. The molecule has 4 nitrogen and oxygen atoms in total. The maximum atomic E-state index is 12.7. The molecule has 0 aromatic heterocycles. The van der Waals surface area contributed by atoms with Gasteiger partial charge in [0.05, 0.1) is 5.41 Å². The summed E-state index contributed by atoms with van der Waals surface area (Å²) in [5.41, 5.74) is -0.484. The summed E-state index contributed by atoms with van der Waals surface area (Å²) in [6, 6.07) is 0. The van der Waals surface area contributed by atoms with E-state index >= 15 is 0 Å². The zero-order chi connectivity index (χ0) is 20.0. The Bertz CT molecular complexity index is 575. The first kappa shape index (κ1) is 20.7. The van der Waals surface area contributed by atoms with Crippen molar-refractivity contribution in [3.63, 3.8) is 0 Å². The van der Waals surface area contributed by atoms with E-state index in [-0.39, 0.29) is 24.1 Å². The highest BCUT2D eigenvalue weighted by Crippen LogP contribution is 2.65. The first-order valence-corrected chi connectivity index (χ1v) is 10.9. The summed E-state index contributed by atoms with van der Waals surface area (Å²) >= 11 is 0. The lowest BCUT2D eigenvalue weighted by Crippen LogP contribution is -2.62. The molecule has 4 saturated carbocycles. The Hall–Kier alpha value is -1.06. The Kier molecular flexibility index (Phi) is 5.42. The molecule has 154 valence electrons. The highest BCUT2D eigenvalue weighted by atomic mass is 16.6. The number of rotatable bonds is 7. The van der Waals surface area contributed by atoms with Crippen LogP contribution in [0.1, 0.15) is 86.5 Å². The lowest BCUT2D eigenvalue weighted by Gasteiger charge is -2.64. The van der Waals surface area contributed by atoms with Crippen molar-refractivity contribution in [2.75, 3.05) is 6.61 Å². The molecule has 0 saturated heterocycles. The van der Waals surface area contributed by atoms with E-state index in [2.05, 4.69) is 20.8 Å². The second-order valence-corrected chi connectivity index (χ2v) is 11.0. The molecule has 0 N–H and O–H groups in total. The van der Waals surface area contributed by atoms with Gasteiger partial charge in [-0.3, -0.25) is 4.79 Å². The van der Waals surface area contributed by atoms with Crippen LogP contribution in [-0.4, -0.2) is 24.1 Å². The summed E-state index contributed by atoms with van der Waals surface area (Å²) in [6.45, 7) is 12.2. The number of hydrogen-bond donors (Lipinski definition) is 0. The van der Waals surface area contributed by atoms with E-state index in [0.717, 1.165) is 12.3 Å². The second-order valence-electron chi connectivity index (χ2n) is 11.0. The van der Waals surface area contributed by atoms with Gasteiger partial charge in [-0.25, -0.2) is 4.79 Å². The van der Waals surface area contributed by atoms with Gasteiger partial charge in [-0.1, -0.05) is 27.7 Å². The molecule has 0 spiro atoms. The third-order valence-corrected chi connectivity index (χ3v) is 7.67.